The van der Waals surface area contributed by atoms with Crippen LogP contribution in [0.15, 0.2) is 12.3 Å². The van der Waals surface area contributed by atoms with E-state index >= 15 is 0 Å². The van der Waals surface area contributed by atoms with Gasteiger partial charge in [-0.25, -0.2) is 0 Å². The van der Waals surface area contributed by atoms with Crippen molar-refractivity contribution < 1.29 is 18.0 Å². The fraction of sp³-hybridized carbons (Fsp3) is 0.625. The number of carbonyl (C=O) groups is 1. The van der Waals surface area contributed by atoms with Crippen LogP contribution in [-0.2, 0) is 23.9 Å². The Morgan fingerprint density at radius 2 is 2.14 bits per heavy atom. The predicted molar refractivity (Wildman–Crippen MR) is 74.9 cm³/mol. The summed E-state index contributed by atoms with van der Waals surface area (Å²) in [7, 11) is 0. The van der Waals surface area contributed by atoms with Gasteiger partial charge < -0.3 is 4.90 Å². The first-order chi connectivity index (χ1) is 10.3. The van der Waals surface area contributed by atoms with Gasteiger partial charge in [-0.05, 0) is 36.8 Å². The van der Waals surface area contributed by atoms with Crippen LogP contribution in [0, 0.1) is 11.8 Å². The third kappa shape index (κ3) is 2.96. The van der Waals surface area contributed by atoms with Gasteiger partial charge in [-0.3, -0.25) is 9.78 Å². The molecule has 0 spiro atoms. The van der Waals surface area contributed by atoms with E-state index in [0.717, 1.165) is 31.5 Å². The molecule has 2 aliphatic rings. The maximum absolute atomic E-state index is 12.8. The molecule has 6 heteroatoms. The first kappa shape index (κ1) is 15.3. The molecule has 1 amide bonds. The van der Waals surface area contributed by atoms with Crippen molar-refractivity contribution in [1.82, 2.24) is 9.88 Å². The lowest BCUT2D eigenvalue weighted by molar-refractivity contribution is -0.137. The first-order valence-corrected chi connectivity index (χ1v) is 7.68. The molecule has 0 saturated heterocycles. The lowest BCUT2D eigenvalue weighted by Crippen LogP contribution is -2.39. The summed E-state index contributed by atoms with van der Waals surface area (Å²) in [6.07, 6.45) is -0.139. The van der Waals surface area contributed by atoms with Crippen molar-refractivity contribution in [3.63, 3.8) is 0 Å². The molecular formula is C16H19F3N2O. The summed E-state index contributed by atoms with van der Waals surface area (Å²) < 4.78 is 38.3. The largest absolute Gasteiger partial charge is 0.417 e. The number of amides is 1. The molecule has 22 heavy (non-hydrogen) atoms. The van der Waals surface area contributed by atoms with Crippen LogP contribution in [0.5, 0.6) is 0 Å². The van der Waals surface area contributed by atoms with Gasteiger partial charge in [0.1, 0.15) is 0 Å². The number of nitrogens with zero attached hydrogens (tertiary/aromatic N) is 2. The van der Waals surface area contributed by atoms with Crippen LogP contribution >= 0.6 is 0 Å². The van der Waals surface area contributed by atoms with E-state index in [2.05, 4.69) is 11.9 Å². The molecule has 0 radical (unpaired) electrons. The van der Waals surface area contributed by atoms with Gasteiger partial charge in [0.25, 0.3) is 0 Å². The molecule has 2 unspecified atom stereocenters. The summed E-state index contributed by atoms with van der Waals surface area (Å²) in [4.78, 5) is 18.2. The first-order valence-electron chi connectivity index (χ1n) is 7.68. The van der Waals surface area contributed by atoms with Crippen LogP contribution in [0.2, 0.25) is 0 Å². The van der Waals surface area contributed by atoms with E-state index in [0.29, 0.717) is 30.1 Å². The highest BCUT2D eigenvalue weighted by Crippen LogP contribution is 2.34. The topological polar surface area (TPSA) is 33.2 Å². The van der Waals surface area contributed by atoms with Crippen LogP contribution in [0.3, 0.4) is 0 Å². The third-order valence-corrected chi connectivity index (χ3v) is 4.72. The number of pyridine rings is 1. The van der Waals surface area contributed by atoms with Crippen LogP contribution in [0.4, 0.5) is 13.2 Å². The number of aromatic nitrogens is 1. The zero-order valence-corrected chi connectivity index (χ0v) is 12.5. The van der Waals surface area contributed by atoms with Crippen LogP contribution in [-0.4, -0.2) is 22.3 Å². The number of alkyl halides is 3. The van der Waals surface area contributed by atoms with E-state index in [-0.39, 0.29) is 18.4 Å². The van der Waals surface area contributed by atoms with Crippen molar-refractivity contribution in [3.8, 4) is 0 Å². The van der Waals surface area contributed by atoms with E-state index in [4.69, 9.17) is 0 Å². The maximum atomic E-state index is 12.8. The van der Waals surface area contributed by atoms with Gasteiger partial charge in [0.15, 0.2) is 0 Å². The standard InChI is InChI=1S/C16H19F3N2O/c1-10-2-3-11(6-10)15(22)21-5-4-14-12(9-21)7-13(8-20-14)16(17,18)19/h7-8,10-11H,2-6,9H2,1H3. The minimum atomic E-state index is -4.39. The molecule has 1 aliphatic heterocycles. The van der Waals surface area contributed by atoms with Crippen LogP contribution in [0.1, 0.15) is 43.0 Å². The summed E-state index contributed by atoms with van der Waals surface area (Å²) in [5, 5.41) is 0. The Kier molecular flexibility index (Phi) is 3.87. The molecule has 1 fully saturated rings. The second-order valence-corrected chi connectivity index (χ2v) is 6.45. The van der Waals surface area contributed by atoms with Gasteiger partial charge in [0, 0.05) is 37.3 Å². The fourth-order valence-corrected chi connectivity index (χ4v) is 3.46. The molecule has 1 aromatic rings. The molecule has 0 bridgehead atoms. The highest BCUT2D eigenvalue weighted by molar-refractivity contribution is 5.79. The highest BCUT2D eigenvalue weighted by Gasteiger charge is 2.35. The molecule has 0 N–H and O–H groups in total. The number of fused-ring (bicyclic) bond motifs is 1. The number of rotatable bonds is 1. The molecule has 1 saturated carbocycles. The number of hydrogen-bond acceptors (Lipinski definition) is 2. The summed E-state index contributed by atoms with van der Waals surface area (Å²) in [5.41, 5.74) is 0.465. The minimum Gasteiger partial charge on any atom is -0.338 e. The van der Waals surface area contributed by atoms with Crippen molar-refractivity contribution in [3.05, 3.63) is 29.1 Å². The number of carbonyl (C=O) groups excluding carboxylic acids is 1. The monoisotopic (exact) mass is 312 g/mol. The van der Waals surface area contributed by atoms with Crippen LogP contribution < -0.4 is 0 Å². The smallest absolute Gasteiger partial charge is 0.338 e. The van der Waals surface area contributed by atoms with Crippen molar-refractivity contribution in [2.24, 2.45) is 11.8 Å². The average molecular weight is 312 g/mol. The van der Waals surface area contributed by atoms with Crippen LogP contribution in [0.25, 0.3) is 0 Å². The van der Waals surface area contributed by atoms with Gasteiger partial charge in [0.2, 0.25) is 5.91 Å². The molecule has 2 heterocycles. The lowest BCUT2D eigenvalue weighted by Gasteiger charge is -2.30. The quantitative estimate of drug-likeness (QED) is 0.796. The minimum absolute atomic E-state index is 0.0373. The molecule has 0 aromatic carbocycles. The van der Waals surface area contributed by atoms with Gasteiger partial charge in [-0.15, -0.1) is 0 Å². The summed E-state index contributed by atoms with van der Waals surface area (Å²) in [6.45, 7) is 2.93. The molecule has 1 aromatic heterocycles. The van der Waals surface area contributed by atoms with Crippen molar-refractivity contribution in [1.29, 1.82) is 0 Å². The lowest BCUT2D eigenvalue weighted by atomic mass is 10.00. The summed E-state index contributed by atoms with van der Waals surface area (Å²) >= 11 is 0. The number of hydrogen-bond donors (Lipinski definition) is 0. The van der Waals surface area contributed by atoms with Crippen molar-refractivity contribution in [2.75, 3.05) is 6.54 Å². The molecule has 1 aliphatic carbocycles. The zero-order chi connectivity index (χ0) is 15.9. The molecular weight excluding hydrogens is 293 g/mol. The summed E-state index contributed by atoms with van der Waals surface area (Å²) in [6, 6.07) is 1.14. The van der Waals surface area contributed by atoms with E-state index in [1.807, 2.05) is 0 Å². The second-order valence-electron chi connectivity index (χ2n) is 6.45. The van der Waals surface area contributed by atoms with Gasteiger partial charge in [-0.2, -0.15) is 13.2 Å². The van der Waals surface area contributed by atoms with Gasteiger partial charge in [-0.1, -0.05) is 6.92 Å². The Morgan fingerprint density at radius 3 is 2.77 bits per heavy atom. The van der Waals surface area contributed by atoms with Gasteiger partial charge in [0.05, 0.1) is 5.56 Å². The highest BCUT2D eigenvalue weighted by atomic mass is 19.4. The fourth-order valence-electron chi connectivity index (χ4n) is 3.46. The number of halogens is 3. The average Bonchev–Trinajstić information content (AvgIpc) is 2.91. The molecule has 120 valence electrons. The Bertz CT molecular complexity index is 585. The zero-order valence-electron chi connectivity index (χ0n) is 12.5. The van der Waals surface area contributed by atoms with E-state index in [1.165, 1.54) is 0 Å². The van der Waals surface area contributed by atoms with Crippen molar-refractivity contribution in [2.45, 2.75) is 45.3 Å². The summed E-state index contributed by atoms with van der Waals surface area (Å²) in [5.74, 6) is 0.687. The third-order valence-electron chi connectivity index (χ3n) is 4.72. The SMILES string of the molecule is CC1CCC(C(=O)N2CCc3ncc(C(F)(F)F)cc3C2)C1. The normalized spacial score (nSPS) is 25.2. The Labute approximate surface area is 127 Å². The second kappa shape index (κ2) is 5.56. The Balaban J connectivity index is 1.76. The molecule has 3 rings (SSSR count). The Morgan fingerprint density at radius 1 is 1.36 bits per heavy atom. The molecule has 2 atom stereocenters. The van der Waals surface area contributed by atoms with E-state index in [9.17, 15) is 18.0 Å². The molecule has 3 nitrogen and oxygen atoms in total. The van der Waals surface area contributed by atoms with Gasteiger partial charge >= 0.3 is 6.18 Å². The maximum Gasteiger partial charge on any atom is 0.417 e. The van der Waals surface area contributed by atoms with Crippen molar-refractivity contribution >= 4 is 5.91 Å². The van der Waals surface area contributed by atoms with E-state index in [1.54, 1.807) is 4.90 Å². The van der Waals surface area contributed by atoms with E-state index < -0.39 is 11.7 Å². The predicted octanol–water partition coefficient (Wildman–Crippen LogP) is 3.42. The Hall–Kier alpha value is -1.59.